The third kappa shape index (κ3) is 2.01. The van der Waals surface area contributed by atoms with Crippen molar-refractivity contribution in [3.8, 4) is 0 Å². The summed E-state index contributed by atoms with van der Waals surface area (Å²) in [6, 6.07) is 13.1. The molecule has 1 nitrogen and oxygen atoms in total. The van der Waals surface area contributed by atoms with Gasteiger partial charge in [-0.1, -0.05) is 18.2 Å². The van der Waals surface area contributed by atoms with Crippen LogP contribution < -0.4 is 0 Å². The van der Waals surface area contributed by atoms with Crippen LogP contribution in [0.25, 0.3) is 10.9 Å². The zero-order valence-electron chi connectivity index (χ0n) is 9.89. The topological polar surface area (TPSA) is 4.93 Å². The van der Waals surface area contributed by atoms with Crippen LogP contribution in [-0.4, -0.2) is 4.57 Å². The summed E-state index contributed by atoms with van der Waals surface area (Å²) in [6.07, 6.45) is 1.11. The molecule has 0 saturated heterocycles. The lowest BCUT2D eigenvalue weighted by atomic mass is 10.2. The number of para-hydroxylation sites is 1. The number of fused-ring (bicyclic) bond motifs is 1. The maximum absolute atomic E-state index is 2.41. The molecule has 0 aliphatic carbocycles. The third-order valence-electron chi connectivity index (χ3n) is 3.22. The van der Waals surface area contributed by atoms with Gasteiger partial charge in [-0.05, 0) is 53.3 Å². The molecule has 0 bridgehead atoms. The predicted octanol–water partition coefficient (Wildman–Crippen LogP) is 4.25. The second-order valence-electron chi connectivity index (χ2n) is 4.38. The van der Waals surface area contributed by atoms with Gasteiger partial charge in [0.25, 0.3) is 0 Å². The van der Waals surface area contributed by atoms with Crippen molar-refractivity contribution in [2.75, 3.05) is 0 Å². The van der Waals surface area contributed by atoms with Gasteiger partial charge in [0.05, 0.1) is 0 Å². The van der Waals surface area contributed by atoms with Crippen LogP contribution in [0.4, 0.5) is 0 Å². The van der Waals surface area contributed by atoms with Crippen LogP contribution in [0, 0.1) is 6.92 Å². The molecule has 2 heteroatoms. The summed E-state index contributed by atoms with van der Waals surface area (Å²) in [5, 5.41) is 5.73. The monoisotopic (exact) mass is 241 g/mol. The van der Waals surface area contributed by atoms with Gasteiger partial charge < -0.3 is 4.57 Å². The number of rotatable bonds is 3. The summed E-state index contributed by atoms with van der Waals surface area (Å²) in [5.41, 5.74) is 4.13. The maximum atomic E-state index is 2.41. The Labute approximate surface area is 105 Å². The zero-order chi connectivity index (χ0) is 11.7. The van der Waals surface area contributed by atoms with Gasteiger partial charge in [0.15, 0.2) is 0 Å². The summed E-state index contributed by atoms with van der Waals surface area (Å²) >= 11 is 1.78. The summed E-state index contributed by atoms with van der Waals surface area (Å²) in [7, 11) is 0. The van der Waals surface area contributed by atoms with Gasteiger partial charge in [-0.25, -0.2) is 0 Å². The van der Waals surface area contributed by atoms with Crippen molar-refractivity contribution in [2.45, 2.75) is 19.9 Å². The first-order valence-corrected chi connectivity index (χ1v) is 6.85. The first-order valence-electron chi connectivity index (χ1n) is 5.90. The molecule has 0 radical (unpaired) electrons. The Morgan fingerprint density at radius 2 is 2.06 bits per heavy atom. The Morgan fingerprint density at radius 1 is 1.18 bits per heavy atom. The molecule has 2 heterocycles. The smallest absolute Gasteiger partial charge is 0.0482 e. The van der Waals surface area contributed by atoms with Crippen LogP contribution in [0.3, 0.4) is 0 Å². The molecular formula is C15H15NS. The van der Waals surface area contributed by atoms with Gasteiger partial charge >= 0.3 is 0 Å². The van der Waals surface area contributed by atoms with Crippen molar-refractivity contribution >= 4 is 22.2 Å². The molecule has 2 aromatic heterocycles. The molecule has 0 unspecified atom stereocenters. The van der Waals surface area contributed by atoms with E-state index in [1.807, 2.05) is 0 Å². The highest BCUT2D eigenvalue weighted by Gasteiger charge is 2.04. The molecule has 1 aromatic carbocycles. The van der Waals surface area contributed by atoms with Gasteiger partial charge in [-0.15, -0.1) is 0 Å². The first kappa shape index (κ1) is 10.6. The highest BCUT2D eigenvalue weighted by atomic mass is 32.1. The summed E-state index contributed by atoms with van der Waals surface area (Å²) in [6.45, 7) is 3.25. The molecule has 86 valence electrons. The van der Waals surface area contributed by atoms with E-state index in [2.05, 4.69) is 58.6 Å². The molecule has 17 heavy (non-hydrogen) atoms. The van der Waals surface area contributed by atoms with Crippen LogP contribution in [-0.2, 0) is 13.0 Å². The standard InChI is InChI=1S/C15H15NS/c1-12-10-14-4-2-3-5-15(14)16(12)8-6-13-7-9-17-11-13/h2-5,7,9-11H,6,8H2,1H3. The Kier molecular flexibility index (Phi) is 2.73. The average molecular weight is 241 g/mol. The highest BCUT2D eigenvalue weighted by Crippen LogP contribution is 2.20. The fraction of sp³-hybridized carbons (Fsp3) is 0.200. The Morgan fingerprint density at radius 3 is 2.88 bits per heavy atom. The summed E-state index contributed by atoms with van der Waals surface area (Å²) < 4.78 is 2.41. The Hall–Kier alpha value is -1.54. The van der Waals surface area contributed by atoms with E-state index < -0.39 is 0 Å². The van der Waals surface area contributed by atoms with Crippen molar-refractivity contribution in [2.24, 2.45) is 0 Å². The molecule has 0 saturated carbocycles. The molecule has 0 atom stereocenters. The van der Waals surface area contributed by atoms with E-state index in [1.165, 1.54) is 22.2 Å². The molecule has 3 rings (SSSR count). The fourth-order valence-electron chi connectivity index (χ4n) is 2.32. The van der Waals surface area contributed by atoms with Crippen LogP contribution in [0.15, 0.2) is 47.2 Å². The largest absolute Gasteiger partial charge is 0.345 e. The van der Waals surface area contributed by atoms with E-state index in [4.69, 9.17) is 0 Å². The van der Waals surface area contributed by atoms with Crippen molar-refractivity contribution < 1.29 is 0 Å². The van der Waals surface area contributed by atoms with Crippen LogP contribution >= 0.6 is 11.3 Å². The lowest BCUT2D eigenvalue weighted by molar-refractivity contribution is 0.704. The molecule has 0 spiro atoms. The summed E-state index contributed by atoms with van der Waals surface area (Å²) in [4.78, 5) is 0. The predicted molar refractivity (Wildman–Crippen MR) is 74.7 cm³/mol. The minimum atomic E-state index is 1.07. The minimum absolute atomic E-state index is 1.07. The molecular weight excluding hydrogens is 226 g/mol. The maximum Gasteiger partial charge on any atom is 0.0482 e. The first-order chi connectivity index (χ1) is 8.34. The van der Waals surface area contributed by atoms with Gasteiger partial charge in [-0.2, -0.15) is 11.3 Å². The van der Waals surface area contributed by atoms with Crippen molar-refractivity contribution in [1.29, 1.82) is 0 Å². The quantitative estimate of drug-likeness (QED) is 0.646. The molecule has 0 N–H and O–H groups in total. The van der Waals surface area contributed by atoms with E-state index >= 15 is 0 Å². The Bertz CT molecular complexity index is 619. The molecule has 0 amide bonds. The lowest BCUT2D eigenvalue weighted by Crippen LogP contribution is -2.02. The number of thiophene rings is 1. The molecule has 0 aliphatic rings. The number of benzene rings is 1. The van der Waals surface area contributed by atoms with Gasteiger partial charge in [0, 0.05) is 17.8 Å². The van der Waals surface area contributed by atoms with Crippen LogP contribution in [0.5, 0.6) is 0 Å². The van der Waals surface area contributed by atoms with Crippen LogP contribution in [0.2, 0.25) is 0 Å². The normalized spacial score (nSPS) is 11.1. The fourth-order valence-corrected chi connectivity index (χ4v) is 3.02. The van der Waals surface area contributed by atoms with Gasteiger partial charge in [0.2, 0.25) is 0 Å². The summed E-state index contributed by atoms with van der Waals surface area (Å²) in [5.74, 6) is 0. The van der Waals surface area contributed by atoms with Crippen molar-refractivity contribution in [3.63, 3.8) is 0 Å². The average Bonchev–Trinajstić information content (AvgIpc) is 2.93. The van der Waals surface area contributed by atoms with E-state index in [-0.39, 0.29) is 0 Å². The van der Waals surface area contributed by atoms with Gasteiger partial charge in [-0.3, -0.25) is 0 Å². The molecule has 0 fully saturated rings. The van der Waals surface area contributed by atoms with Gasteiger partial charge in [0.1, 0.15) is 0 Å². The third-order valence-corrected chi connectivity index (χ3v) is 3.95. The highest BCUT2D eigenvalue weighted by molar-refractivity contribution is 7.07. The number of aryl methyl sites for hydroxylation is 3. The number of aromatic nitrogens is 1. The second kappa shape index (κ2) is 4.38. The van der Waals surface area contributed by atoms with Crippen molar-refractivity contribution in [3.05, 3.63) is 58.4 Å². The van der Waals surface area contributed by atoms with E-state index in [0.717, 1.165) is 13.0 Å². The number of hydrogen-bond acceptors (Lipinski definition) is 1. The van der Waals surface area contributed by atoms with E-state index in [0.29, 0.717) is 0 Å². The van der Waals surface area contributed by atoms with E-state index in [9.17, 15) is 0 Å². The van der Waals surface area contributed by atoms with E-state index in [1.54, 1.807) is 11.3 Å². The van der Waals surface area contributed by atoms with Crippen LogP contribution in [0.1, 0.15) is 11.3 Å². The number of nitrogens with zero attached hydrogens (tertiary/aromatic N) is 1. The van der Waals surface area contributed by atoms with Crippen molar-refractivity contribution in [1.82, 2.24) is 4.57 Å². The molecule has 3 aromatic rings. The minimum Gasteiger partial charge on any atom is -0.345 e. The Balaban J connectivity index is 1.92. The number of hydrogen-bond donors (Lipinski definition) is 0. The second-order valence-corrected chi connectivity index (χ2v) is 5.16. The SMILES string of the molecule is Cc1cc2ccccc2n1CCc1ccsc1. The lowest BCUT2D eigenvalue weighted by Gasteiger charge is -2.07. The zero-order valence-corrected chi connectivity index (χ0v) is 10.7. The molecule has 0 aliphatic heterocycles.